The van der Waals surface area contributed by atoms with E-state index >= 15 is 0 Å². The Kier molecular flexibility index (Phi) is 12.1. The summed E-state index contributed by atoms with van der Waals surface area (Å²) in [4.78, 5) is 47.7. The maximum Gasteiger partial charge on any atom is 0.306 e. The number of amides is 2. The summed E-state index contributed by atoms with van der Waals surface area (Å²) in [6.45, 7) is 10.5. The van der Waals surface area contributed by atoms with Crippen molar-refractivity contribution in [2.75, 3.05) is 32.7 Å². The zero-order valence-corrected chi connectivity index (χ0v) is 25.5. The predicted octanol–water partition coefficient (Wildman–Crippen LogP) is 4.18. The molecule has 2 aromatic rings. The van der Waals surface area contributed by atoms with Crippen LogP contribution in [0.2, 0.25) is 0 Å². The van der Waals surface area contributed by atoms with Gasteiger partial charge in [0.25, 0.3) is 5.91 Å². The van der Waals surface area contributed by atoms with Crippen molar-refractivity contribution >= 4 is 35.1 Å². The minimum absolute atomic E-state index is 0.00281. The third-order valence-electron chi connectivity index (χ3n) is 6.65. The number of ether oxygens (including phenoxy) is 1. The smallest absolute Gasteiger partial charge is 0.306 e. The molecular weight excluding hydrogens is 538 g/mol. The molecule has 10 heteroatoms. The van der Waals surface area contributed by atoms with Gasteiger partial charge in [-0.3, -0.25) is 14.4 Å². The Hall–Kier alpha value is -3.53. The Morgan fingerprint density at radius 3 is 2.32 bits per heavy atom. The van der Waals surface area contributed by atoms with Crippen molar-refractivity contribution in [2.24, 2.45) is 0 Å². The second-order valence-electron chi connectivity index (χ2n) is 11.2. The van der Waals surface area contributed by atoms with Gasteiger partial charge < -0.3 is 25.2 Å². The van der Waals surface area contributed by atoms with Gasteiger partial charge in [0.05, 0.1) is 5.69 Å². The number of rotatable bonds is 11. The van der Waals surface area contributed by atoms with E-state index in [1.54, 1.807) is 37.8 Å². The normalized spacial score (nSPS) is 14.2. The fourth-order valence-corrected chi connectivity index (χ4v) is 4.79. The number of piperazine rings is 1. The van der Waals surface area contributed by atoms with Crippen LogP contribution >= 0.6 is 12.2 Å². The first-order valence-corrected chi connectivity index (χ1v) is 14.8. The van der Waals surface area contributed by atoms with Gasteiger partial charge in [-0.1, -0.05) is 56.2 Å². The van der Waals surface area contributed by atoms with Crippen LogP contribution in [0.15, 0.2) is 48.5 Å². The molecule has 2 amide bonds. The lowest BCUT2D eigenvalue weighted by Gasteiger charge is -2.37. The number of unbranched alkanes of at least 4 members (excludes halogenated alkanes) is 2. The number of carbonyl (C=O) groups is 3. The van der Waals surface area contributed by atoms with Crippen LogP contribution < -0.4 is 10.6 Å². The van der Waals surface area contributed by atoms with Gasteiger partial charge in [-0.2, -0.15) is 0 Å². The van der Waals surface area contributed by atoms with Crippen LogP contribution in [0.25, 0.3) is 11.3 Å². The Bertz CT molecular complexity index is 1180. The quantitative estimate of drug-likeness (QED) is 0.232. The van der Waals surface area contributed by atoms with Crippen LogP contribution in [0, 0.1) is 0 Å². The van der Waals surface area contributed by atoms with E-state index < -0.39 is 23.5 Å². The molecule has 1 fully saturated rings. The van der Waals surface area contributed by atoms with E-state index in [-0.39, 0.29) is 24.4 Å². The van der Waals surface area contributed by atoms with E-state index in [0.29, 0.717) is 37.0 Å². The zero-order valence-electron chi connectivity index (χ0n) is 24.7. The molecule has 0 bridgehead atoms. The number of nitrogens with zero attached hydrogens (tertiary/aromatic N) is 3. The molecule has 0 spiro atoms. The Balaban J connectivity index is 1.67. The first-order chi connectivity index (χ1) is 19.6. The average molecular weight is 582 g/mol. The number of aromatic nitrogens is 1. The van der Waals surface area contributed by atoms with E-state index in [1.165, 1.54) is 0 Å². The Morgan fingerprint density at radius 1 is 0.976 bits per heavy atom. The predicted molar refractivity (Wildman–Crippen MR) is 164 cm³/mol. The highest BCUT2D eigenvalue weighted by molar-refractivity contribution is 7.80. The number of benzene rings is 1. The van der Waals surface area contributed by atoms with Gasteiger partial charge in [0.2, 0.25) is 5.91 Å². The molecule has 1 aromatic carbocycles. The van der Waals surface area contributed by atoms with Crippen LogP contribution in [-0.2, 0) is 14.3 Å². The molecule has 9 nitrogen and oxygen atoms in total. The first-order valence-electron chi connectivity index (χ1n) is 14.4. The number of hydrogen-bond acceptors (Lipinski definition) is 6. The van der Waals surface area contributed by atoms with Crippen LogP contribution in [0.1, 0.15) is 70.3 Å². The Labute approximate surface area is 249 Å². The number of pyridine rings is 1. The third kappa shape index (κ3) is 10.4. The maximum atomic E-state index is 13.6. The molecule has 0 radical (unpaired) electrons. The minimum atomic E-state index is -0.900. The number of thiocarbonyl (C=S) groups is 1. The summed E-state index contributed by atoms with van der Waals surface area (Å²) in [5.74, 6) is -1.12. The molecule has 0 saturated carbocycles. The van der Waals surface area contributed by atoms with Crippen molar-refractivity contribution in [2.45, 2.75) is 71.4 Å². The summed E-state index contributed by atoms with van der Waals surface area (Å²) >= 11 is 5.55. The average Bonchev–Trinajstić information content (AvgIpc) is 2.96. The van der Waals surface area contributed by atoms with Crippen LogP contribution in [-0.4, -0.2) is 82.0 Å². The molecule has 2 N–H and O–H groups in total. The maximum absolute atomic E-state index is 13.6. The summed E-state index contributed by atoms with van der Waals surface area (Å²) in [6, 6.07) is 13.9. The summed E-state index contributed by atoms with van der Waals surface area (Å²) in [6.07, 6.45) is 3.49. The summed E-state index contributed by atoms with van der Waals surface area (Å²) in [7, 11) is 0. The van der Waals surface area contributed by atoms with Crippen molar-refractivity contribution in [1.82, 2.24) is 25.4 Å². The highest BCUT2D eigenvalue weighted by atomic mass is 32.1. The molecule has 1 saturated heterocycles. The van der Waals surface area contributed by atoms with Gasteiger partial charge in [-0.25, -0.2) is 4.98 Å². The van der Waals surface area contributed by atoms with Crippen molar-refractivity contribution in [3.8, 4) is 11.3 Å². The van der Waals surface area contributed by atoms with Crippen molar-refractivity contribution in [3.05, 3.63) is 54.2 Å². The molecule has 1 atom stereocenters. The molecule has 0 aliphatic carbocycles. The topological polar surface area (TPSA) is 104 Å². The summed E-state index contributed by atoms with van der Waals surface area (Å²) in [5.41, 5.74) is 1.10. The molecular formula is C31H43N5O4S. The lowest BCUT2D eigenvalue weighted by Crippen LogP contribution is -2.57. The molecule has 1 aliphatic rings. The molecule has 0 unspecified atom stereocenters. The molecule has 1 aliphatic heterocycles. The van der Waals surface area contributed by atoms with Gasteiger partial charge in [-0.15, -0.1) is 0 Å². The van der Waals surface area contributed by atoms with E-state index in [9.17, 15) is 14.4 Å². The minimum Gasteiger partial charge on any atom is -0.460 e. The van der Waals surface area contributed by atoms with E-state index in [2.05, 4.69) is 27.4 Å². The number of esters is 1. The zero-order chi connectivity index (χ0) is 29.8. The monoisotopic (exact) mass is 581 g/mol. The van der Waals surface area contributed by atoms with Gasteiger partial charge >= 0.3 is 5.97 Å². The van der Waals surface area contributed by atoms with E-state index in [1.807, 2.05) is 36.4 Å². The van der Waals surface area contributed by atoms with Gasteiger partial charge in [-0.05, 0) is 58.0 Å². The van der Waals surface area contributed by atoms with Crippen molar-refractivity contribution < 1.29 is 19.1 Å². The van der Waals surface area contributed by atoms with E-state index in [4.69, 9.17) is 17.0 Å². The Morgan fingerprint density at radius 2 is 1.66 bits per heavy atom. The number of hydrogen-bond donors (Lipinski definition) is 2. The highest BCUT2D eigenvalue weighted by Gasteiger charge is 2.31. The van der Waals surface area contributed by atoms with E-state index in [0.717, 1.165) is 31.4 Å². The summed E-state index contributed by atoms with van der Waals surface area (Å²) in [5, 5.41) is 6.85. The molecule has 3 rings (SSSR count). The van der Waals surface area contributed by atoms with Crippen molar-refractivity contribution in [3.63, 3.8) is 0 Å². The third-order valence-corrected chi connectivity index (χ3v) is 7.05. The fourth-order valence-electron chi connectivity index (χ4n) is 4.51. The molecule has 41 heavy (non-hydrogen) atoms. The summed E-state index contributed by atoms with van der Waals surface area (Å²) < 4.78 is 5.44. The second-order valence-corrected chi connectivity index (χ2v) is 11.6. The van der Waals surface area contributed by atoms with Gasteiger partial charge in [0.1, 0.15) is 17.3 Å². The lowest BCUT2D eigenvalue weighted by molar-refractivity contribution is -0.155. The largest absolute Gasteiger partial charge is 0.460 e. The fraction of sp³-hybridized carbons (Fsp3) is 0.516. The molecule has 222 valence electrons. The SMILES string of the molecule is CCCCCNC(=S)N1CCN(C(=O)[C@H](CCC(=O)OC(C)(C)C)NC(=O)c2cccc(-c3ccccc3)n2)CC1. The molecule has 1 aromatic heterocycles. The van der Waals surface area contributed by atoms with Crippen LogP contribution in [0.3, 0.4) is 0 Å². The van der Waals surface area contributed by atoms with Gasteiger partial charge in [0, 0.05) is 44.7 Å². The number of carbonyl (C=O) groups excluding carboxylic acids is 3. The highest BCUT2D eigenvalue weighted by Crippen LogP contribution is 2.17. The van der Waals surface area contributed by atoms with Crippen LogP contribution in [0.5, 0.6) is 0 Å². The van der Waals surface area contributed by atoms with Crippen molar-refractivity contribution in [1.29, 1.82) is 0 Å². The first kappa shape index (κ1) is 32.0. The standard InChI is InChI=1S/C31H43N5O4S/c1-5-6-10-18-32-30(41)36-21-19-35(20-22-36)29(39)26(16-17-27(37)40-31(2,3)4)34-28(38)25-15-11-14-24(33-25)23-12-8-7-9-13-23/h7-9,11-15,26H,5-6,10,16-22H2,1-4H3,(H,32,41)(H,34,38)/t26-/m0/s1. The lowest BCUT2D eigenvalue weighted by atomic mass is 10.1. The van der Waals surface area contributed by atoms with Crippen LogP contribution in [0.4, 0.5) is 0 Å². The number of nitrogens with one attached hydrogen (secondary N) is 2. The second kappa shape index (κ2) is 15.5. The van der Waals surface area contributed by atoms with Gasteiger partial charge in [0.15, 0.2) is 5.11 Å². The molecule has 2 heterocycles.